The molecule has 3 aromatic rings. The fourth-order valence-electron chi connectivity index (χ4n) is 1.94. The van der Waals surface area contributed by atoms with Crippen LogP contribution >= 0.6 is 23.2 Å². The number of rotatable bonds is 5. The molecule has 2 aromatic heterocycles. The van der Waals surface area contributed by atoms with Gasteiger partial charge in [-0.3, -0.25) is 0 Å². The molecule has 0 unspecified atom stereocenters. The van der Waals surface area contributed by atoms with Gasteiger partial charge in [0.1, 0.15) is 10.9 Å². The summed E-state index contributed by atoms with van der Waals surface area (Å²) in [5, 5.41) is 4.12. The number of methoxy groups -OCH3 is 1. The van der Waals surface area contributed by atoms with Crippen LogP contribution < -0.4 is 4.74 Å². The van der Waals surface area contributed by atoms with Crippen molar-refractivity contribution in [2.75, 3.05) is 7.11 Å². The fourth-order valence-corrected chi connectivity index (χ4v) is 2.21. The van der Waals surface area contributed by atoms with Gasteiger partial charge in [0.15, 0.2) is 6.61 Å². The van der Waals surface area contributed by atoms with E-state index in [2.05, 4.69) is 15.1 Å². The monoisotopic (exact) mass is 379 g/mol. The number of carbonyl (C=O) groups is 1. The van der Waals surface area contributed by atoms with Gasteiger partial charge in [-0.25, -0.2) is 9.78 Å². The highest BCUT2D eigenvalue weighted by atomic mass is 35.5. The Morgan fingerprint density at radius 1 is 1.28 bits per heavy atom. The first-order chi connectivity index (χ1) is 12.1. The fraction of sp³-hybridized carbons (Fsp3) is 0.125. The summed E-state index contributed by atoms with van der Waals surface area (Å²) in [6, 6.07) is 8.56. The van der Waals surface area contributed by atoms with Gasteiger partial charge in [-0.1, -0.05) is 40.5 Å². The van der Waals surface area contributed by atoms with Crippen LogP contribution in [0.1, 0.15) is 16.2 Å². The number of pyridine rings is 1. The van der Waals surface area contributed by atoms with E-state index in [1.54, 1.807) is 19.2 Å². The Hall–Kier alpha value is -2.64. The third-order valence-electron chi connectivity index (χ3n) is 3.15. The van der Waals surface area contributed by atoms with Crippen LogP contribution in [0.15, 0.2) is 41.1 Å². The molecule has 0 N–H and O–H groups in total. The average molecular weight is 380 g/mol. The van der Waals surface area contributed by atoms with Gasteiger partial charge in [-0.2, -0.15) is 4.98 Å². The predicted molar refractivity (Wildman–Crippen MR) is 89.7 cm³/mol. The maximum Gasteiger partial charge on any atom is 0.340 e. The van der Waals surface area contributed by atoms with Crippen molar-refractivity contribution in [3.63, 3.8) is 0 Å². The summed E-state index contributed by atoms with van der Waals surface area (Å²) in [6.07, 6.45) is 1.27. The number of aromatic nitrogens is 3. The molecule has 0 saturated carbocycles. The molecule has 3 rings (SSSR count). The Balaban J connectivity index is 1.67. The molecular formula is C16H11Cl2N3O4. The van der Waals surface area contributed by atoms with E-state index in [0.717, 1.165) is 0 Å². The standard InChI is InChI=1S/C16H11Cl2N3O4/c1-23-11-4-2-3-9(5-11)15-20-13(25-21-15)8-24-16(22)10-6-12(17)14(18)19-7-10/h2-7H,8H2,1H3. The van der Waals surface area contributed by atoms with Crippen LogP contribution in [-0.4, -0.2) is 28.2 Å². The number of esters is 1. The molecule has 0 fully saturated rings. The number of hydrogen-bond donors (Lipinski definition) is 0. The summed E-state index contributed by atoms with van der Waals surface area (Å²) >= 11 is 11.5. The first-order valence-electron chi connectivity index (χ1n) is 7.02. The van der Waals surface area contributed by atoms with Crippen molar-refractivity contribution in [2.45, 2.75) is 6.61 Å². The molecule has 7 nitrogen and oxygen atoms in total. The zero-order valence-electron chi connectivity index (χ0n) is 12.9. The number of nitrogens with zero attached hydrogens (tertiary/aromatic N) is 3. The normalized spacial score (nSPS) is 10.5. The lowest BCUT2D eigenvalue weighted by molar-refractivity contribution is 0.0429. The molecular weight excluding hydrogens is 369 g/mol. The van der Waals surface area contributed by atoms with E-state index in [9.17, 15) is 4.79 Å². The van der Waals surface area contributed by atoms with Gasteiger partial charge in [-0.15, -0.1) is 0 Å². The van der Waals surface area contributed by atoms with Crippen LogP contribution in [0, 0.1) is 0 Å². The van der Waals surface area contributed by atoms with E-state index in [0.29, 0.717) is 17.1 Å². The summed E-state index contributed by atoms with van der Waals surface area (Å²) in [5.41, 5.74) is 0.885. The molecule has 0 spiro atoms. The topological polar surface area (TPSA) is 87.3 Å². The molecule has 0 bridgehead atoms. The van der Waals surface area contributed by atoms with Gasteiger partial charge in [0.25, 0.3) is 5.89 Å². The third-order valence-corrected chi connectivity index (χ3v) is 3.84. The molecule has 1 aromatic carbocycles. The molecule has 0 amide bonds. The maximum absolute atomic E-state index is 12.0. The molecule has 0 aliphatic rings. The van der Waals surface area contributed by atoms with E-state index < -0.39 is 5.97 Å². The molecule has 9 heteroatoms. The molecule has 128 valence electrons. The lowest BCUT2D eigenvalue weighted by Crippen LogP contribution is -2.06. The van der Waals surface area contributed by atoms with Crippen molar-refractivity contribution >= 4 is 29.2 Å². The summed E-state index contributed by atoms with van der Waals surface area (Å²) in [6.45, 7) is -0.184. The van der Waals surface area contributed by atoms with Gasteiger partial charge in [0, 0.05) is 11.8 Å². The number of ether oxygens (including phenoxy) is 2. The highest BCUT2D eigenvalue weighted by molar-refractivity contribution is 6.41. The Morgan fingerprint density at radius 3 is 2.88 bits per heavy atom. The molecule has 0 saturated heterocycles. The highest BCUT2D eigenvalue weighted by Gasteiger charge is 2.14. The molecule has 0 radical (unpaired) electrons. The Bertz CT molecular complexity index is 914. The smallest absolute Gasteiger partial charge is 0.340 e. The second-order valence-electron chi connectivity index (χ2n) is 4.82. The first-order valence-corrected chi connectivity index (χ1v) is 7.77. The van der Waals surface area contributed by atoms with Crippen molar-refractivity contribution in [2.24, 2.45) is 0 Å². The van der Waals surface area contributed by atoms with Crippen molar-refractivity contribution in [3.8, 4) is 17.1 Å². The van der Waals surface area contributed by atoms with Gasteiger partial charge >= 0.3 is 5.97 Å². The SMILES string of the molecule is COc1cccc(-c2noc(COC(=O)c3cnc(Cl)c(Cl)c3)n2)c1. The van der Waals surface area contributed by atoms with Crippen LogP contribution in [0.5, 0.6) is 5.75 Å². The highest BCUT2D eigenvalue weighted by Crippen LogP contribution is 2.22. The number of hydrogen-bond acceptors (Lipinski definition) is 7. The lowest BCUT2D eigenvalue weighted by Gasteiger charge is -2.02. The van der Waals surface area contributed by atoms with Crippen molar-refractivity contribution in [1.29, 1.82) is 0 Å². The molecule has 0 aliphatic heterocycles. The van der Waals surface area contributed by atoms with Crippen LogP contribution in [0.4, 0.5) is 0 Å². The third kappa shape index (κ3) is 4.07. The molecule has 2 heterocycles. The van der Waals surface area contributed by atoms with E-state index >= 15 is 0 Å². The molecule has 0 aliphatic carbocycles. The van der Waals surface area contributed by atoms with Gasteiger partial charge < -0.3 is 14.0 Å². The van der Waals surface area contributed by atoms with Crippen molar-refractivity contribution < 1.29 is 18.8 Å². The summed E-state index contributed by atoms with van der Waals surface area (Å²) in [5.74, 6) is 0.551. The van der Waals surface area contributed by atoms with E-state index in [1.165, 1.54) is 12.3 Å². The largest absolute Gasteiger partial charge is 0.497 e. The van der Waals surface area contributed by atoms with E-state index in [4.69, 9.17) is 37.2 Å². The second-order valence-corrected chi connectivity index (χ2v) is 5.58. The van der Waals surface area contributed by atoms with E-state index in [1.807, 2.05) is 12.1 Å². The second kappa shape index (κ2) is 7.50. The summed E-state index contributed by atoms with van der Waals surface area (Å²) in [4.78, 5) is 19.9. The first kappa shape index (κ1) is 17.2. The minimum atomic E-state index is -0.632. The van der Waals surface area contributed by atoms with Crippen molar-refractivity contribution in [1.82, 2.24) is 15.1 Å². The summed E-state index contributed by atoms with van der Waals surface area (Å²) < 4.78 is 15.3. The average Bonchev–Trinajstić information content (AvgIpc) is 3.11. The Kier molecular flexibility index (Phi) is 5.16. The zero-order chi connectivity index (χ0) is 17.8. The molecule has 0 atom stereocenters. The van der Waals surface area contributed by atoms with E-state index in [-0.39, 0.29) is 28.2 Å². The predicted octanol–water partition coefficient (Wildman–Crippen LogP) is 3.80. The minimum absolute atomic E-state index is 0.109. The Morgan fingerprint density at radius 2 is 2.12 bits per heavy atom. The summed E-state index contributed by atoms with van der Waals surface area (Å²) in [7, 11) is 1.57. The van der Waals surface area contributed by atoms with Crippen LogP contribution in [0.25, 0.3) is 11.4 Å². The zero-order valence-corrected chi connectivity index (χ0v) is 14.4. The van der Waals surface area contributed by atoms with Gasteiger partial charge in [-0.05, 0) is 18.2 Å². The number of carbonyl (C=O) groups excluding carboxylic acids is 1. The Labute approximate surface area is 152 Å². The van der Waals surface area contributed by atoms with Crippen LogP contribution in [-0.2, 0) is 11.3 Å². The van der Waals surface area contributed by atoms with Gasteiger partial charge in [0.05, 0.1) is 17.7 Å². The minimum Gasteiger partial charge on any atom is -0.497 e. The maximum atomic E-state index is 12.0. The lowest BCUT2D eigenvalue weighted by atomic mass is 10.2. The van der Waals surface area contributed by atoms with Crippen LogP contribution in [0.3, 0.4) is 0 Å². The number of benzene rings is 1. The molecule has 25 heavy (non-hydrogen) atoms. The van der Waals surface area contributed by atoms with Gasteiger partial charge in [0.2, 0.25) is 5.82 Å². The van der Waals surface area contributed by atoms with Crippen molar-refractivity contribution in [3.05, 3.63) is 58.2 Å². The quantitative estimate of drug-likeness (QED) is 0.491. The van der Waals surface area contributed by atoms with Crippen LogP contribution in [0.2, 0.25) is 10.2 Å². The number of halogens is 2.